The van der Waals surface area contributed by atoms with Gasteiger partial charge in [0, 0.05) is 40.4 Å². The maximum absolute atomic E-state index is 12.2. The van der Waals surface area contributed by atoms with E-state index in [0.29, 0.717) is 29.6 Å². The number of benzene rings is 2. The first-order valence-electron chi connectivity index (χ1n) is 8.33. The Kier molecular flexibility index (Phi) is 8.49. The van der Waals surface area contributed by atoms with Crippen molar-refractivity contribution in [3.8, 4) is 0 Å². The van der Waals surface area contributed by atoms with Crippen LogP contribution in [0.5, 0.6) is 0 Å². The van der Waals surface area contributed by atoms with Gasteiger partial charge in [-0.1, -0.05) is 54.1 Å². The molecule has 0 fully saturated rings. The number of nitrogens with one attached hydrogen (secondary N) is 2. The third-order valence-corrected chi connectivity index (χ3v) is 5.00. The molecule has 0 radical (unpaired) electrons. The largest absolute Gasteiger partial charge is 0.357 e. The van der Waals surface area contributed by atoms with Crippen molar-refractivity contribution in [3.63, 3.8) is 0 Å². The lowest BCUT2D eigenvalue weighted by Gasteiger charge is -2.11. The average molecular weight is 378 g/mol. The van der Waals surface area contributed by atoms with Crippen molar-refractivity contribution in [1.82, 2.24) is 10.6 Å². The van der Waals surface area contributed by atoms with Crippen molar-refractivity contribution in [2.45, 2.75) is 19.2 Å². The first-order valence-corrected chi connectivity index (χ1v) is 10.2. The summed E-state index contributed by atoms with van der Waals surface area (Å²) in [5.74, 6) is 1.88. The van der Waals surface area contributed by atoms with Gasteiger partial charge in [-0.3, -0.25) is 4.21 Å². The molecular weight excluding hydrogens is 354 g/mol. The van der Waals surface area contributed by atoms with E-state index < -0.39 is 10.8 Å². The van der Waals surface area contributed by atoms with Gasteiger partial charge in [-0.25, -0.2) is 4.99 Å². The van der Waals surface area contributed by atoms with Crippen LogP contribution in [-0.2, 0) is 23.1 Å². The summed E-state index contributed by atoms with van der Waals surface area (Å²) in [4.78, 5) is 4.54. The van der Waals surface area contributed by atoms with Gasteiger partial charge in [-0.05, 0) is 30.2 Å². The number of hydrogen-bond donors (Lipinski definition) is 2. The number of guanidine groups is 1. The molecule has 2 rings (SSSR count). The lowest BCUT2D eigenvalue weighted by Crippen LogP contribution is -2.39. The molecule has 2 aromatic rings. The quantitative estimate of drug-likeness (QED) is 0.548. The molecule has 0 bridgehead atoms. The summed E-state index contributed by atoms with van der Waals surface area (Å²) in [7, 11) is -0.897. The van der Waals surface area contributed by atoms with E-state index in [4.69, 9.17) is 11.6 Å². The van der Waals surface area contributed by atoms with E-state index in [0.717, 1.165) is 23.6 Å². The summed E-state index contributed by atoms with van der Waals surface area (Å²) in [5, 5.41) is 7.14. The normalized spacial score (nSPS) is 12.6. The van der Waals surface area contributed by atoms with Gasteiger partial charge in [0.15, 0.2) is 5.96 Å². The molecule has 134 valence electrons. The minimum Gasteiger partial charge on any atom is -0.357 e. The van der Waals surface area contributed by atoms with E-state index in [-0.39, 0.29) is 0 Å². The van der Waals surface area contributed by atoms with Gasteiger partial charge in [-0.2, -0.15) is 0 Å². The standard InChI is InChI=1S/C19H24ClN3OS/c1-2-21-19(23-14-17-9-6-10-18(20)13-17)22-11-12-25(24)15-16-7-4-3-5-8-16/h3-10,13H,2,11-12,14-15H2,1H3,(H2,21,22,23). The monoisotopic (exact) mass is 377 g/mol. The first-order chi connectivity index (χ1) is 12.2. The summed E-state index contributed by atoms with van der Waals surface area (Å²) in [6, 6.07) is 17.6. The van der Waals surface area contributed by atoms with Gasteiger partial charge < -0.3 is 10.6 Å². The third-order valence-electron chi connectivity index (χ3n) is 3.45. The topological polar surface area (TPSA) is 53.5 Å². The predicted molar refractivity (Wildman–Crippen MR) is 107 cm³/mol. The Bertz CT molecular complexity index is 707. The second-order valence-electron chi connectivity index (χ2n) is 5.53. The van der Waals surface area contributed by atoms with Crippen LogP contribution in [0.15, 0.2) is 59.6 Å². The Hall–Kier alpha value is -1.85. The fraction of sp³-hybridized carbons (Fsp3) is 0.316. The number of rotatable bonds is 8. The highest BCUT2D eigenvalue weighted by Gasteiger charge is 2.03. The van der Waals surface area contributed by atoms with Gasteiger partial charge in [0.1, 0.15) is 0 Å². The van der Waals surface area contributed by atoms with Crippen LogP contribution in [0.2, 0.25) is 5.02 Å². The van der Waals surface area contributed by atoms with Gasteiger partial charge in [0.2, 0.25) is 0 Å². The molecule has 0 aromatic heterocycles. The zero-order valence-corrected chi connectivity index (χ0v) is 15.9. The molecule has 0 amide bonds. The van der Waals surface area contributed by atoms with Crippen LogP contribution in [0, 0.1) is 0 Å². The van der Waals surface area contributed by atoms with E-state index in [1.165, 1.54) is 0 Å². The summed E-state index contributed by atoms with van der Waals surface area (Å²) in [6.45, 7) is 3.95. The molecule has 0 spiro atoms. The number of hydrogen-bond acceptors (Lipinski definition) is 2. The molecule has 0 saturated heterocycles. The van der Waals surface area contributed by atoms with Crippen molar-refractivity contribution < 1.29 is 4.21 Å². The smallest absolute Gasteiger partial charge is 0.191 e. The Morgan fingerprint density at radius 3 is 2.56 bits per heavy atom. The Balaban J connectivity index is 1.80. The Morgan fingerprint density at radius 1 is 1.08 bits per heavy atom. The number of nitrogens with zero attached hydrogens (tertiary/aromatic N) is 1. The van der Waals surface area contributed by atoms with Crippen LogP contribution in [0.1, 0.15) is 18.1 Å². The summed E-state index contributed by atoms with van der Waals surface area (Å²) in [5.41, 5.74) is 2.15. The van der Waals surface area contributed by atoms with Crippen molar-refractivity contribution >= 4 is 28.4 Å². The minimum atomic E-state index is -0.897. The first kappa shape index (κ1) is 19.5. The minimum absolute atomic E-state index is 0.545. The van der Waals surface area contributed by atoms with E-state index in [1.807, 2.05) is 61.5 Å². The lowest BCUT2D eigenvalue weighted by atomic mass is 10.2. The van der Waals surface area contributed by atoms with E-state index in [9.17, 15) is 4.21 Å². The van der Waals surface area contributed by atoms with Crippen molar-refractivity contribution in [2.75, 3.05) is 18.8 Å². The van der Waals surface area contributed by atoms with Crippen LogP contribution in [-0.4, -0.2) is 29.0 Å². The SMILES string of the molecule is CCNC(=NCc1cccc(Cl)c1)NCCS(=O)Cc1ccccc1. The molecule has 2 N–H and O–H groups in total. The fourth-order valence-corrected chi connectivity index (χ4v) is 3.51. The molecule has 0 aliphatic rings. The van der Waals surface area contributed by atoms with Crippen molar-refractivity contribution in [3.05, 3.63) is 70.7 Å². The molecule has 4 nitrogen and oxygen atoms in total. The van der Waals surface area contributed by atoms with Gasteiger partial charge in [0.05, 0.1) is 6.54 Å². The van der Waals surface area contributed by atoms with Crippen molar-refractivity contribution in [2.24, 2.45) is 4.99 Å². The average Bonchev–Trinajstić information content (AvgIpc) is 2.60. The maximum atomic E-state index is 12.2. The Labute approximate surface area is 157 Å². The van der Waals surface area contributed by atoms with Gasteiger partial charge >= 0.3 is 0 Å². The zero-order valence-electron chi connectivity index (χ0n) is 14.4. The van der Waals surface area contributed by atoms with E-state index in [1.54, 1.807) is 0 Å². The molecule has 1 atom stereocenters. The molecule has 2 aromatic carbocycles. The van der Waals surface area contributed by atoms with Crippen LogP contribution in [0.3, 0.4) is 0 Å². The molecular formula is C19H24ClN3OS. The molecule has 0 aliphatic carbocycles. The van der Waals surface area contributed by atoms with Gasteiger partial charge in [0.25, 0.3) is 0 Å². The number of aliphatic imine (C=N–C) groups is 1. The van der Waals surface area contributed by atoms with E-state index >= 15 is 0 Å². The van der Waals surface area contributed by atoms with Crippen LogP contribution < -0.4 is 10.6 Å². The molecule has 25 heavy (non-hydrogen) atoms. The molecule has 0 saturated carbocycles. The second kappa shape index (κ2) is 10.9. The predicted octanol–water partition coefficient (Wildman–Crippen LogP) is 3.34. The van der Waals surface area contributed by atoms with Crippen LogP contribution in [0.4, 0.5) is 0 Å². The molecule has 0 heterocycles. The number of halogens is 1. The highest BCUT2D eigenvalue weighted by Crippen LogP contribution is 2.11. The van der Waals surface area contributed by atoms with E-state index in [2.05, 4.69) is 15.6 Å². The molecule has 6 heteroatoms. The van der Waals surface area contributed by atoms with Crippen LogP contribution >= 0.6 is 11.6 Å². The molecule has 1 unspecified atom stereocenters. The van der Waals surface area contributed by atoms with Gasteiger partial charge in [-0.15, -0.1) is 0 Å². The van der Waals surface area contributed by atoms with Crippen molar-refractivity contribution in [1.29, 1.82) is 0 Å². The zero-order chi connectivity index (χ0) is 17.9. The summed E-state index contributed by atoms with van der Waals surface area (Å²) < 4.78 is 12.2. The second-order valence-corrected chi connectivity index (χ2v) is 7.54. The highest BCUT2D eigenvalue weighted by atomic mass is 35.5. The summed E-state index contributed by atoms with van der Waals surface area (Å²) in [6.07, 6.45) is 0. The maximum Gasteiger partial charge on any atom is 0.191 e. The fourth-order valence-electron chi connectivity index (χ4n) is 2.26. The Morgan fingerprint density at radius 2 is 1.84 bits per heavy atom. The summed E-state index contributed by atoms with van der Waals surface area (Å²) >= 11 is 5.99. The van der Waals surface area contributed by atoms with Crippen LogP contribution in [0.25, 0.3) is 0 Å². The lowest BCUT2D eigenvalue weighted by molar-refractivity contribution is 0.680. The molecule has 0 aliphatic heterocycles. The third kappa shape index (κ3) is 7.71. The highest BCUT2D eigenvalue weighted by molar-refractivity contribution is 7.84.